The number of carbonyl (C=O) groups excluding carboxylic acids is 1. The third-order valence-corrected chi connectivity index (χ3v) is 3.19. The number of aromatic hydroxyl groups is 1. The van der Waals surface area contributed by atoms with Crippen molar-refractivity contribution in [3.05, 3.63) is 58.6 Å². The maximum absolute atomic E-state index is 12.2. The number of benzene rings is 2. The quantitative estimate of drug-likeness (QED) is 0.663. The number of phenolic OH excluding ortho intramolecular Hbond substituents is 1. The highest BCUT2D eigenvalue weighted by molar-refractivity contribution is 6.31. The number of hydrogen-bond acceptors (Lipinski definition) is 4. The number of carbonyl (C=O) groups is 1. The van der Waals surface area contributed by atoms with Crippen LogP contribution in [0.2, 0.25) is 5.02 Å². The van der Waals surface area contributed by atoms with E-state index in [2.05, 4.69) is 5.32 Å². The average molecular weight is 329 g/mol. The van der Waals surface area contributed by atoms with E-state index in [1.54, 1.807) is 24.3 Å². The molecule has 2 aromatic rings. The van der Waals surface area contributed by atoms with Crippen molar-refractivity contribution in [2.24, 2.45) is 0 Å². The second-order valence-electron chi connectivity index (χ2n) is 4.56. The molecule has 0 bridgehead atoms. The minimum Gasteiger partial charge on any atom is -0.508 e. The smallest absolute Gasteiger partial charge is 0.266 e. The van der Waals surface area contributed by atoms with Gasteiger partial charge in [0.25, 0.3) is 5.91 Å². The van der Waals surface area contributed by atoms with E-state index in [-0.39, 0.29) is 11.3 Å². The zero-order chi connectivity index (χ0) is 16.8. The fourth-order valence-electron chi connectivity index (χ4n) is 1.90. The van der Waals surface area contributed by atoms with Crippen molar-refractivity contribution < 1.29 is 14.6 Å². The summed E-state index contributed by atoms with van der Waals surface area (Å²) < 4.78 is 5.14. The molecule has 0 fully saturated rings. The highest BCUT2D eigenvalue weighted by Gasteiger charge is 2.13. The van der Waals surface area contributed by atoms with E-state index >= 15 is 0 Å². The molecule has 23 heavy (non-hydrogen) atoms. The number of halogens is 1. The van der Waals surface area contributed by atoms with Crippen molar-refractivity contribution in [1.82, 2.24) is 0 Å². The molecule has 0 aliphatic carbocycles. The number of methoxy groups -OCH3 is 1. The van der Waals surface area contributed by atoms with Crippen LogP contribution in [-0.2, 0) is 4.79 Å². The first kappa shape index (κ1) is 16.4. The third-order valence-electron chi connectivity index (χ3n) is 2.96. The van der Waals surface area contributed by atoms with Crippen molar-refractivity contribution in [3.8, 4) is 17.6 Å². The molecule has 1 amide bonds. The Balaban J connectivity index is 2.28. The molecule has 0 saturated heterocycles. The lowest BCUT2D eigenvalue weighted by Crippen LogP contribution is -2.14. The summed E-state index contributed by atoms with van der Waals surface area (Å²) >= 11 is 5.90. The van der Waals surface area contributed by atoms with Crippen molar-refractivity contribution in [2.75, 3.05) is 12.4 Å². The highest BCUT2D eigenvalue weighted by Crippen LogP contribution is 2.28. The maximum atomic E-state index is 12.2. The predicted molar refractivity (Wildman–Crippen MR) is 88.3 cm³/mol. The molecule has 0 unspecified atom stereocenters. The van der Waals surface area contributed by atoms with Crippen LogP contribution in [0.5, 0.6) is 11.5 Å². The molecular formula is C17H13ClN2O3. The first-order valence-electron chi connectivity index (χ1n) is 6.59. The average Bonchev–Trinajstić information content (AvgIpc) is 2.53. The molecule has 6 heteroatoms. The van der Waals surface area contributed by atoms with E-state index in [0.29, 0.717) is 22.0 Å². The molecule has 0 aliphatic rings. The predicted octanol–water partition coefficient (Wildman–Crippen LogP) is 3.60. The Bertz CT molecular complexity index is 810. The van der Waals surface area contributed by atoms with Gasteiger partial charge in [0.15, 0.2) is 0 Å². The van der Waals surface area contributed by atoms with Gasteiger partial charge in [-0.25, -0.2) is 0 Å². The molecule has 0 aromatic heterocycles. The van der Waals surface area contributed by atoms with Crippen LogP contribution in [0.1, 0.15) is 5.56 Å². The van der Waals surface area contributed by atoms with Gasteiger partial charge in [-0.1, -0.05) is 23.7 Å². The Morgan fingerprint density at radius 2 is 2.13 bits per heavy atom. The first-order valence-corrected chi connectivity index (χ1v) is 6.97. The van der Waals surface area contributed by atoms with Crippen LogP contribution in [0.3, 0.4) is 0 Å². The summed E-state index contributed by atoms with van der Waals surface area (Å²) in [7, 11) is 1.46. The summed E-state index contributed by atoms with van der Waals surface area (Å²) in [6.07, 6.45) is 1.38. The minimum atomic E-state index is -0.601. The lowest BCUT2D eigenvalue weighted by molar-refractivity contribution is -0.112. The van der Waals surface area contributed by atoms with Crippen LogP contribution in [-0.4, -0.2) is 18.1 Å². The number of amides is 1. The highest BCUT2D eigenvalue weighted by atomic mass is 35.5. The van der Waals surface area contributed by atoms with Crippen molar-refractivity contribution >= 4 is 29.3 Å². The molecule has 0 heterocycles. The zero-order valence-corrected chi connectivity index (χ0v) is 13.0. The largest absolute Gasteiger partial charge is 0.508 e. The number of hydrogen-bond donors (Lipinski definition) is 2. The molecule has 0 radical (unpaired) electrons. The van der Waals surface area contributed by atoms with E-state index in [1.807, 2.05) is 6.07 Å². The van der Waals surface area contributed by atoms with Gasteiger partial charge in [0.2, 0.25) is 0 Å². The van der Waals surface area contributed by atoms with Crippen LogP contribution in [0.15, 0.2) is 48.0 Å². The SMILES string of the molecule is COc1ccc(Cl)cc1NC(=O)/C(C#N)=C/c1cccc(O)c1. The summed E-state index contributed by atoms with van der Waals surface area (Å²) in [5.41, 5.74) is 0.787. The van der Waals surface area contributed by atoms with Crippen LogP contribution in [0.4, 0.5) is 5.69 Å². The number of nitrogens with zero attached hydrogens (tertiary/aromatic N) is 1. The van der Waals surface area contributed by atoms with Crippen LogP contribution < -0.4 is 10.1 Å². The lowest BCUT2D eigenvalue weighted by Gasteiger charge is -2.10. The van der Waals surface area contributed by atoms with E-state index in [1.165, 1.54) is 31.4 Å². The van der Waals surface area contributed by atoms with E-state index in [9.17, 15) is 15.2 Å². The topological polar surface area (TPSA) is 82.3 Å². The number of ether oxygens (including phenoxy) is 1. The monoisotopic (exact) mass is 328 g/mol. The summed E-state index contributed by atoms with van der Waals surface area (Å²) in [5, 5.41) is 21.6. The van der Waals surface area contributed by atoms with Crippen molar-refractivity contribution in [2.45, 2.75) is 0 Å². The Morgan fingerprint density at radius 1 is 1.35 bits per heavy atom. The van der Waals surface area contributed by atoms with Crippen molar-refractivity contribution in [1.29, 1.82) is 5.26 Å². The molecule has 2 N–H and O–H groups in total. The Labute approximate surface area is 138 Å². The first-order chi connectivity index (χ1) is 11.0. The fourth-order valence-corrected chi connectivity index (χ4v) is 2.07. The molecule has 2 rings (SSSR count). The Hall–Kier alpha value is -2.97. The van der Waals surface area contributed by atoms with Gasteiger partial charge in [-0.3, -0.25) is 4.79 Å². The normalized spacial score (nSPS) is 10.7. The van der Waals surface area contributed by atoms with Gasteiger partial charge >= 0.3 is 0 Å². The molecule has 2 aromatic carbocycles. The summed E-state index contributed by atoms with van der Waals surface area (Å²) in [4.78, 5) is 12.2. The van der Waals surface area contributed by atoms with Gasteiger partial charge < -0.3 is 15.2 Å². The fraction of sp³-hybridized carbons (Fsp3) is 0.0588. The molecule has 5 nitrogen and oxygen atoms in total. The second-order valence-corrected chi connectivity index (χ2v) is 5.00. The van der Waals surface area contributed by atoms with E-state index in [4.69, 9.17) is 16.3 Å². The molecule has 116 valence electrons. The van der Waals surface area contributed by atoms with Crippen LogP contribution in [0.25, 0.3) is 6.08 Å². The van der Waals surface area contributed by atoms with Crippen LogP contribution in [0, 0.1) is 11.3 Å². The van der Waals surface area contributed by atoms with E-state index in [0.717, 1.165) is 0 Å². The molecule has 0 saturated carbocycles. The molecule has 0 atom stereocenters. The van der Waals surface area contributed by atoms with Gasteiger partial charge in [-0.15, -0.1) is 0 Å². The number of rotatable bonds is 4. The summed E-state index contributed by atoms with van der Waals surface area (Å²) in [6.45, 7) is 0. The number of nitriles is 1. The Kier molecular flexibility index (Phi) is 5.23. The van der Waals surface area contributed by atoms with Crippen LogP contribution >= 0.6 is 11.6 Å². The summed E-state index contributed by atoms with van der Waals surface area (Å²) in [5.74, 6) is -0.123. The molecular weight excluding hydrogens is 316 g/mol. The number of nitrogens with one attached hydrogen (secondary N) is 1. The minimum absolute atomic E-state index is 0.0490. The summed E-state index contributed by atoms with van der Waals surface area (Å²) in [6, 6.07) is 12.8. The third kappa shape index (κ3) is 4.25. The maximum Gasteiger partial charge on any atom is 0.266 e. The van der Waals surface area contributed by atoms with E-state index < -0.39 is 5.91 Å². The lowest BCUT2D eigenvalue weighted by atomic mass is 10.1. The van der Waals surface area contributed by atoms with Gasteiger partial charge in [-0.05, 0) is 42.0 Å². The standard InChI is InChI=1S/C17H13ClN2O3/c1-23-16-6-5-13(18)9-15(16)20-17(22)12(10-19)7-11-3-2-4-14(21)8-11/h2-9,21H,1H3,(H,20,22)/b12-7+. The second kappa shape index (κ2) is 7.34. The van der Waals surface area contributed by atoms with Gasteiger partial charge in [0.05, 0.1) is 12.8 Å². The van der Waals surface area contributed by atoms with Gasteiger partial charge in [0, 0.05) is 5.02 Å². The zero-order valence-electron chi connectivity index (χ0n) is 12.2. The Morgan fingerprint density at radius 3 is 2.78 bits per heavy atom. The number of phenols is 1. The van der Waals surface area contributed by atoms with Crippen molar-refractivity contribution in [3.63, 3.8) is 0 Å². The van der Waals surface area contributed by atoms with Gasteiger partial charge in [-0.2, -0.15) is 5.26 Å². The number of anilines is 1. The van der Waals surface area contributed by atoms with Gasteiger partial charge in [0.1, 0.15) is 23.1 Å². The molecule has 0 aliphatic heterocycles. The molecule has 0 spiro atoms.